The molecule has 0 aliphatic rings. The molecule has 7 heteroatoms. The molecule has 2 N–H and O–H groups in total. The van der Waals surface area contributed by atoms with E-state index in [1.54, 1.807) is 0 Å². The molecule has 0 atom stereocenters. The van der Waals surface area contributed by atoms with Gasteiger partial charge >= 0.3 is 10.4 Å². The van der Waals surface area contributed by atoms with Gasteiger partial charge in [0.15, 0.2) is 0 Å². The van der Waals surface area contributed by atoms with E-state index in [1.807, 2.05) is 0 Å². The summed E-state index contributed by atoms with van der Waals surface area (Å²) in [5.41, 5.74) is 0. The number of hydrogen-bond acceptors (Lipinski definition) is 3. The van der Waals surface area contributed by atoms with Crippen LogP contribution in [0.2, 0.25) is 0 Å². The molecule has 0 saturated heterocycles. The molecule has 0 aliphatic carbocycles. The second-order valence-electron chi connectivity index (χ2n) is 0.448. The Labute approximate surface area is 57.4 Å². The molecule has 0 aromatic heterocycles. The van der Waals surface area contributed by atoms with Gasteiger partial charge in [0.25, 0.3) is 0 Å². The van der Waals surface area contributed by atoms with E-state index in [0.29, 0.717) is 0 Å². The van der Waals surface area contributed by atoms with E-state index in [4.69, 9.17) is 22.8 Å². The molecule has 53 valence electrons. The Hall–Kier alpha value is -0.121. The Kier molecular flexibility index (Phi) is 13.5. The second kappa shape index (κ2) is 6.88. The van der Waals surface area contributed by atoms with Crippen molar-refractivity contribution in [3.63, 3.8) is 0 Å². The van der Waals surface area contributed by atoms with Crippen LogP contribution >= 0.6 is 0 Å². The molecule has 0 aromatic rings. The van der Waals surface area contributed by atoms with Crippen LogP contribution in [0.15, 0.2) is 0 Å². The summed E-state index contributed by atoms with van der Waals surface area (Å²) >= 11 is 0. The first kappa shape index (κ1) is 15.7. The summed E-state index contributed by atoms with van der Waals surface area (Å²) in [4.78, 5) is 0. The standard InChI is InChI=1S/CHN.Cu.H2O4S/c1-2;;1-5(2,3)4/h1H;;(H2,1,2,3,4). The van der Waals surface area contributed by atoms with Crippen LogP contribution in [0.4, 0.5) is 0 Å². The normalized spacial score (nSPS) is 7.50. The minimum absolute atomic E-state index is 0. The van der Waals surface area contributed by atoms with E-state index >= 15 is 0 Å². The maximum atomic E-state index is 8.74. The fourth-order valence-corrected chi connectivity index (χ4v) is 0. The molecule has 0 bridgehead atoms. The molecule has 0 aromatic carbocycles. The van der Waals surface area contributed by atoms with E-state index in [-0.39, 0.29) is 17.1 Å². The van der Waals surface area contributed by atoms with Gasteiger partial charge in [0.05, 0.1) is 0 Å². The Morgan fingerprint density at radius 1 is 1.25 bits per heavy atom. The molecule has 0 heterocycles. The summed E-state index contributed by atoms with van der Waals surface area (Å²) in [5, 5.41) is 6.50. The van der Waals surface area contributed by atoms with Gasteiger partial charge in [-0.2, -0.15) is 8.42 Å². The van der Waals surface area contributed by atoms with Crippen LogP contribution in [0.5, 0.6) is 0 Å². The number of hydrogen-bond donors (Lipinski definition) is 2. The van der Waals surface area contributed by atoms with Gasteiger partial charge in [-0.3, -0.25) is 9.11 Å². The summed E-state index contributed by atoms with van der Waals surface area (Å²) in [7, 11) is -4.67. The number of nitrogens with zero attached hydrogens (tertiary/aromatic N) is 1. The molecule has 0 amide bonds. The molecule has 5 nitrogen and oxygen atoms in total. The molecule has 0 unspecified atom stereocenters. The van der Waals surface area contributed by atoms with Crippen molar-refractivity contribution in [2.45, 2.75) is 0 Å². The molecule has 0 fully saturated rings. The molecule has 0 saturated carbocycles. The quantitative estimate of drug-likeness (QED) is 0.394. The third-order valence-corrected chi connectivity index (χ3v) is 0. The van der Waals surface area contributed by atoms with Crippen molar-refractivity contribution in [3.05, 3.63) is 0 Å². The van der Waals surface area contributed by atoms with Crippen LogP contribution in [-0.4, -0.2) is 17.5 Å². The van der Waals surface area contributed by atoms with Gasteiger partial charge in [0.2, 0.25) is 0 Å². The van der Waals surface area contributed by atoms with Crippen LogP contribution in [0.3, 0.4) is 0 Å². The van der Waals surface area contributed by atoms with Gasteiger partial charge in [-0.15, -0.1) is 0 Å². The van der Waals surface area contributed by atoms with E-state index in [2.05, 4.69) is 6.57 Å². The summed E-state index contributed by atoms with van der Waals surface area (Å²) in [6.07, 6.45) is 0. The zero-order chi connectivity index (χ0) is 6.50. The van der Waals surface area contributed by atoms with Gasteiger partial charge in [-0.05, 0) is 0 Å². The maximum absolute atomic E-state index is 8.74. The van der Waals surface area contributed by atoms with Crippen molar-refractivity contribution >= 4 is 10.4 Å². The monoisotopic (exact) mass is 188 g/mol. The summed E-state index contributed by atoms with van der Waals surface area (Å²) in [5.74, 6) is 0. The van der Waals surface area contributed by atoms with Crippen molar-refractivity contribution in [1.82, 2.24) is 0 Å². The Morgan fingerprint density at radius 2 is 1.25 bits per heavy atom. The first-order chi connectivity index (χ1) is 3.00. The summed E-state index contributed by atoms with van der Waals surface area (Å²) in [6.45, 7) is 3.50. The van der Waals surface area contributed by atoms with Crippen molar-refractivity contribution in [1.29, 1.82) is 5.26 Å². The predicted molar refractivity (Wildman–Crippen MR) is 20.8 cm³/mol. The zero-order valence-corrected chi connectivity index (χ0v) is 5.20. The van der Waals surface area contributed by atoms with Crippen molar-refractivity contribution < 1.29 is 34.6 Å². The average Bonchev–Trinajstić information content (AvgIpc) is 1.36. The largest absolute Gasteiger partial charge is 0.394 e. The molecular formula is CH3CuNO4S. The van der Waals surface area contributed by atoms with Crippen molar-refractivity contribution in [3.8, 4) is 6.57 Å². The molecule has 8 heavy (non-hydrogen) atoms. The fourth-order valence-electron chi connectivity index (χ4n) is 0. The van der Waals surface area contributed by atoms with Crippen molar-refractivity contribution in [2.24, 2.45) is 0 Å². The van der Waals surface area contributed by atoms with Gasteiger partial charge in [0, 0.05) is 23.6 Å². The second-order valence-corrected chi connectivity index (χ2v) is 1.34. The van der Waals surface area contributed by atoms with E-state index in [9.17, 15) is 0 Å². The van der Waals surface area contributed by atoms with Gasteiger partial charge in [-0.25, -0.2) is 5.26 Å². The van der Waals surface area contributed by atoms with Gasteiger partial charge in [-0.1, -0.05) is 0 Å². The predicted octanol–water partition coefficient (Wildman–Crippen LogP) is -0.516. The first-order valence-electron chi connectivity index (χ1n) is 0.957. The van der Waals surface area contributed by atoms with Crippen LogP contribution < -0.4 is 0 Å². The SMILES string of the molecule is C#N.O=S(=O)(O)O.[Cu]. The van der Waals surface area contributed by atoms with Gasteiger partial charge < -0.3 is 0 Å². The van der Waals surface area contributed by atoms with Crippen LogP contribution in [0, 0.1) is 11.8 Å². The topological polar surface area (TPSA) is 98.4 Å². The summed E-state index contributed by atoms with van der Waals surface area (Å²) < 4.78 is 31.6. The number of nitriles is 1. The summed E-state index contributed by atoms with van der Waals surface area (Å²) in [6, 6.07) is 0. The van der Waals surface area contributed by atoms with E-state index in [1.165, 1.54) is 0 Å². The van der Waals surface area contributed by atoms with Crippen LogP contribution in [0.25, 0.3) is 0 Å². The Balaban J connectivity index is -0.0000000750. The first-order valence-corrected chi connectivity index (χ1v) is 2.35. The molecular weight excluding hydrogens is 186 g/mol. The van der Waals surface area contributed by atoms with E-state index in [0.717, 1.165) is 0 Å². The van der Waals surface area contributed by atoms with Gasteiger partial charge in [0.1, 0.15) is 0 Å². The smallest absolute Gasteiger partial charge is 0.264 e. The van der Waals surface area contributed by atoms with E-state index < -0.39 is 10.4 Å². The fraction of sp³-hybridized carbons (Fsp3) is 0. The Bertz CT molecular complexity index is 127. The molecule has 1 radical (unpaired) electrons. The van der Waals surface area contributed by atoms with Crippen LogP contribution in [0.1, 0.15) is 0 Å². The molecule has 0 rings (SSSR count). The zero-order valence-electron chi connectivity index (χ0n) is 3.45. The third kappa shape index (κ3) is 9640. The number of rotatable bonds is 0. The third-order valence-electron chi connectivity index (χ3n) is 0. The average molecular weight is 189 g/mol. The maximum Gasteiger partial charge on any atom is 0.394 e. The van der Waals surface area contributed by atoms with Crippen LogP contribution in [-0.2, 0) is 27.5 Å². The molecule has 0 aliphatic heterocycles. The Morgan fingerprint density at radius 3 is 1.25 bits per heavy atom. The molecule has 0 spiro atoms. The minimum atomic E-state index is -4.67. The minimum Gasteiger partial charge on any atom is -0.264 e. The van der Waals surface area contributed by atoms with Crippen molar-refractivity contribution in [2.75, 3.05) is 0 Å².